The molecule has 1 heterocycles. The van der Waals surface area contributed by atoms with Crippen LogP contribution in [0.25, 0.3) is 0 Å². The van der Waals surface area contributed by atoms with Gasteiger partial charge in [0.05, 0.1) is 10.0 Å². The maximum Gasteiger partial charge on any atom is 0.186 e. The molecule has 0 saturated heterocycles. The molecule has 0 radical (unpaired) electrons. The van der Waals surface area contributed by atoms with Crippen LogP contribution in [-0.2, 0) is 12.8 Å². The Morgan fingerprint density at radius 1 is 1.47 bits per heavy atom. The van der Waals surface area contributed by atoms with Gasteiger partial charge in [0.25, 0.3) is 0 Å². The molecule has 0 unspecified atom stereocenters. The van der Waals surface area contributed by atoms with Crippen LogP contribution in [-0.4, -0.2) is 17.3 Å². The van der Waals surface area contributed by atoms with Gasteiger partial charge in [-0.2, -0.15) is 0 Å². The Morgan fingerprint density at radius 3 is 3.00 bits per heavy atom. The van der Waals surface area contributed by atoms with E-state index in [9.17, 15) is 9.18 Å². The van der Waals surface area contributed by atoms with Gasteiger partial charge >= 0.3 is 0 Å². The molecule has 0 aliphatic carbocycles. The molecule has 1 aromatic heterocycles. The predicted molar refractivity (Wildman–Crippen MR) is 74.3 cm³/mol. The standard InChI is InChI=1S/C13H12ClFN2OS/c14-13-8(2-1-3-9(13)15)6-11(18)10-7-19-12(17-10)4-5-16/h1-3,7H,4-6,16H2. The van der Waals surface area contributed by atoms with Gasteiger partial charge in [-0.1, -0.05) is 23.7 Å². The number of carbonyl (C=O) groups excluding carboxylic acids is 1. The molecule has 0 saturated carbocycles. The van der Waals surface area contributed by atoms with E-state index in [0.717, 1.165) is 5.01 Å². The van der Waals surface area contributed by atoms with E-state index >= 15 is 0 Å². The first-order valence-electron chi connectivity index (χ1n) is 5.72. The maximum atomic E-state index is 13.3. The first-order chi connectivity index (χ1) is 9.11. The summed E-state index contributed by atoms with van der Waals surface area (Å²) in [5.41, 5.74) is 6.28. The molecule has 0 aliphatic heterocycles. The molecular formula is C13H12ClFN2OS. The number of nitrogens with zero attached hydrogens (tertiary/aromatic N) is 1. The average molecular weight is 299 g/mol. The van der Waals surface area contributed by atoms with Gasteiger partial charge in [-0.25, -0.2) is 9.37 Å². The maximum absolute atomic E-state index is 13.3. The van der Waals surface area contributed by atoms with Gasteiger partial charge in [0.15, 0.2) is 5.78 Å². The number of thiazole rings is 1. The van der Waals surface area contributed by atoms with E-state index in [4.69, 9.17) is 17.3 Å². The van der Waals surface area contributed by atoms with Crippen LogP contribution >= 0.6 is 22.9 Å². The fourth-order valence-electron chi connectivity index (χ4n) is 1.63. The first kappa shape index (κ1) is 14.1. The molecule has 1 aromatic carbocycles. The average Bonchev–Trinajstić information content (AvgIpc) is 2.84. The molecule has 2 aromatic rings. The quantitative estimate of drug-likeness (QED) is 0.864. The lowest BCUT2D eigenvalue weighted by molar-refractivity contribution is 0.0988. The van der Waals surface area contributed by atoms with Crippen molar-refractivity contribution in [2.45, 2.75) is 12.8 Å². The zero-order valence-corrected chi connectivity index (χ0v) is 11.6. The van der Waals surface area contributed by atoms with E-state index < -0.39 is 5.82 Å². The molecule has 19 heavy (non-hydrogen) atoms. The second kappa shape index (κ2) is 6.23. The lowest BCUT2D eigenvalue weighted by Crippen LogP contribution is -2.06. The van der Waals surface area contributed by atoms with Gasteiger partial charge in [-0.15, -0.1) is 11.3 Å². The van der Waals surface area contributed by atoms with Crippen molar-refractivity contribution in [2.24, 2.45) is 5.73 Å². The fraction of sp³-hybridized carbons (Fsp3) is 0.231. The third-order valence-corrected chi connectivity index (χ3v) is 3.91. The summed E-state index contributed by atoms with van der Waals surface area (Å²) in [6.07, 6.45) is 0.695. The Hall–Kier alpha value is -1.30. The number of Topliss-reactive ketones (excluding diaryl/α,β-unsaturated/α-hetero) is 1. The molecule has 2 rings (SSSR count). The first-order valence-corrected chi connectivity index (χ1v) is 6.98. The van der Waals surface area contributed by atoms with Crippen LogP contribution in [0.15, 0.2) is 23.6 Å². The molecule has 0 aliphatic rings. The van der Waals surface area contributed by atoms with E-state index in [1.807, 2.05) is 0 Å². The highest BCUT2D eigenvalue weighted by atomic mass is 35.5. The monoisotopic (exact) mass is 298 g/mol. The summed E-state index contributed by atoms with van der Waals surface area (Å²) < 4.78 is 13.3. The highest BCUT2D eigenvalue weighted by Gasteiger charge is 2.14. The molecule has 3 nitrogen and oxygen atoms in total. The van der Waals surface area contributed by atoms with Crippen LogP contribution in [0.3, 0.4) is 0 Å². The normalized spacial score (nSPS) is 10.7. The van der Waals surface area contributed by atoms with E-state index in [0.29, 0.717) is 24.2 Å². The third-order valence-electron chi connectivity index (χ3n) is 2.58. The fourth-order valence-corrected chi connectivity index (χ4v) is 2.64. The Kier molecular flexibility index (Phi) is 4.63. The van der Waals surface area contributed by atoms with Crippen LogP contribution < -0.4 is 5.73 Å². The molecule has 0 spiro atoms. The van der Waals surface area contributed by atoms with Crippen LogP contribution in [0.5, 0.6) is 0 Å². The number of aromatic nitrogens is 1. The van der Waals surface area contributed by atoms with Crippen molar-refractivity contribution >= 4 is 28.7 Å². The van der Waals surface area contributed by atoms with Crippen molar-refractivity contribution in [1.29, 1.82) is 0 Å². The summed E-state index contributed by atoms with van der Waals surface area (Å²) in [4.78, 5) is 16.2. The van der Waals surface area contributed by atoms with Crippen molar-refractivity contribution < 1.29 is 9.18 Å². The number of carbonyl (C=O) groups is 1. The van der Waals surface area contributed by atoms with E-state index in [1.54, 1.807) is 11.4 Å². The van der Waals surface area contributed by atoms with Crippen LogP contribution in [0.2, 0.25) is 5.02 Å². The van der Waals surface area contributed by atoms with Gasteiger partial charge in [-0.3, -0.25) is 4.79 Å². The lowest BCUT2D eigenvalue weighted by Gasteiger charge is -2.02. The van der Waals surface area contributed by atoms with Crippen molar-refractivity contribution in [3.8, 4) is 0 Å². The van der Waals surface area contributed by atoms with Gasteiger partial charge in [-0.05, 0) is 18.2 Å². The van der Waals surface area contributed by atoms with E-state index in [-0.39, 0.29) is 17.2 Å². The highest BCUT2D eigenvalue weighted by molar-refractivity contribution is 7.09. The largest absolute Gasteiger partial charge is 0.330 e. The molecule has 2 N–H and O–H groups in total. The topological polar surface area (TPSA) is 56.0 Å². The van der Waals surface area contributed by atoms with Gasteiger partial charge in [0, 0.05) is 18.2 Å². The van der Waals surface area contributed by atoms with Crippen molar-refractivity contribution in [3.63, 3.8) is 0 Å². The number of benzene rings is 1. The molecule has 0 fully saturated rings. The molecular weight excluding hydrogens is 287 g/mol. The van der Waals surface area contributed by atoms with Crippen LogP contribution in [0, 0.1) is 5.82 Å². The minimum absolute atomic E-state index is 0.00624. The molecule has 0 amide bonds. The molecule has 100 valence electrons. The predicted octanol–water partition coefficient (Wildman–Crippen LogP) is 2.86. The minimum atomic E-state index is -0.519. The number of hydrogen-bond donors (Lipinski definition) is 1. The number of nitrogens with two attached hydrogens (primary N) is 1. The third kappa shape index (κ3) is 3.37. The number of ketones is 1. The smallest absolute Gasteiger partial charge is 0.186 e. The van der Waals surface area contributed by atoms with Gasteiger partial charge in [0.2, 0.25) is 0 Å². The Morgan fingerprint density at radius 2 is 2.26 bits per heavy atom. The zero-order valence-electron chi connectivity index (χ0n) is 10.0. The second-order valence-corrected chi connectivity index (χ2v) is 5.30. The molecule has 0 bridgehead atoms. The van der Waals surface area contributed by atoms with Crippen LogP contribution in [0.1, 0.15) is 21.1 Å². The SMILES string of the molecule is NCCc1nc(C(=O)Cc2cccc(F)c2Cl)cs1. The lowest BCUT2D eigenvalue weighted by atomic mass is 10.1. The number of halogens is 2. The summed E-state index contributed by atoms with van der Waals surface area (Å²) in [7, 11) is 0. The minimum Gasteiger partial charge on any atom is -0.330 e. The Labute approximate surface area is 119 Å². The second-order valence-electron chi connectivity index (χ2n) is 3.98. The van der Waals surface area contributed by atoms with E-state index in [2.05, 4.69) is 4.98 Å². The van der Waals surface area contributed by atoms with Gasteiger partial charge in [0.1, 0.15) is 11.5 Å². The van der Waals surface area contributed by atoms with Crippen LogP contribution in [0.4, 0.5) is 4.39 Å². The summed E-state index contributed by atoms with van der Waals surface area (Å²) in [5.74, 6) is -0.693. The van der Waals surface area contributed by atoms with Gasteiger partial charge < -0.3 is 5.73 Å². The molecule has 6 heteroatoms. The number of hydrogen-bond acceptors (Lipinski definition) is 4. The number of rotatable bonds is 5. The zero-order chi connectivity index (χ0) is 13.8. The Balaban J connectivity index is 2.14. The Bertz CT molecular complexity index is 600. The van der Waals surface area contributed by atoms with Crippen molar-refractivity contribution in [2.75, 3.05) is 6.54 Å². The summed E-state index contributed by atoms with van der Waals surface area (Å²) in [6, 6.07) is 4.43. The van der Waals surface area contributed by atoms with Crippen molar-refractivity contribution in [3.05, 3.63) is 50.7 Å². The molecule has 0 atom stereocenters. The van der Waals surface area contributed by atoms with E-state index in [1.165, 1.54) is 23.5 Å². The summed E-state index contributed by atoms with van der Waals surface area (Å²) >= 11 is 7.22. The highest BCUT2D eigenvalue weighted by Crippen LogP contribution is 2.21. The summed E-state index contributed by atoms with van der Waals surface area (Å²) in [6.45, 7) is 0.497. The van der Waals surface area contributed by atoms with Crippen molar-refractivity contribution in [1.82, 2.24) is 4.98 Å². The summed E-state index contributed by atoms with van der Waals surface area (Å²) in [5, 5.41) is 2.52.